The number of aromatic nitrogens is 1. The van der Waals surface area contributed by atoms with Crippen LogP contribution in [0.2, 0.25) is 0 Å². The summed E-state index contributed by atoms with van der Waals surface area (Å²) in [4.78, 5) is 25.8. The van der Waals surface area contributed by atoms with E-state index in [4.69, 9.17) is 4.74 Å². The maximum absolute atomic E-state index is 13.1. The summed E-state index contributed by atoms with van der Waals surface area (Å²) in [7, 11) is 0. The van der Waals surface area contributed by atoms with E-state index in [0.29, 0.717) is 24.5 Å². The van der Waals surface area contributed by atoms with Crippen LogP contribution < -0.4 is 15.6 Å². The number of para-hydroxylation sites is 3. The molecule has 0 aliphatic heterocycles. The summed E-state index contributed by atoms with van der Waals surface area (Å²) in [6.45, 7) is 6.21. The Morgan fingerprint density at radius 1 is 1.11 bits per heavy atom. The maximum Gasteiger partial charge on any atom is 0.252 e. The minimum Gasteiger partial charge on any atom is -0.492 e. The van der Waals surface area contributed by atoms with Gasteiger partial charge in [-0.05, 0) is 44.0 Å². The quantitative estimate of drug-likeness (QED) is 0.709. The van der Waals surface area contributed by atoms with Crippen molar-refractivity contribution in [2.45, 2.75) is 33.2 Å². The highest BCUT2D eigenvalue weighted by Gasteiger charge is 2.23. The van der Waals surface area contributed by atoms with E-state index in [2.05, 4.69) is 5.32 Å². The lowest BCUT2D eigenvalue weighted by Crippen LogP contribution is -2.33. The first kappa shape index (κ1) is 18.7. The van der Waals surface area contributed by atoms with E-state index >= 15 is 0 Å². The largest absolute Gasteiger partial charge is 0.492 e. The number of aryl methyl sites for hydroxylation is 1. The Bertz CT molecular complexity index is 1020. The number of nitrogens with one attached hydrogen (secondary N) is 1. The van der Waals surface area contributed by atoms with Crippen molar-refractivity contribution >= 4 is 22.5 Å². The molecule has 0 fully saturated rings. The molecule has 1 N–H and O–H groups in total. The number of amides is 1. The van der Waals surface area contributed by atoms with Gasteiger partial charge in [-0.25, -0.2) is 0 Å². The molecule has 140 valence electrons. The molecule has 1 aromatic heterocycles. The second kappa shape index (κ2) is 8.08. The topological polar surface area (TPSA) is 60.3 Å². The predicted octanol–water partition coefficient (Wildman–Crippen LogP) is 4.30. The van der Waals surface area contributed by atoms with Gasteiger partial charge in [0, 0.05) is 11.5 Å². The summed E-state index contributed by atoms with van der Waals surface area (Å²) < 4.78 is 7.17. The van der Waals surface area contributed by atoms with Crippen molar-refractivity contribution in [1.29, 1.82) is 0 Å². The van der Waals surface area contributed by atoms with E-state index in [1.165, 1.54) is 0 Å². The molecule has 1 heterocycles. The smallest absolute Gasteiger partial charge is 0.252 e. The molecule has 0 saturated heterocycles. The molecule has 5 heteroatoms. The number of pyridine rings is 1. The highest BCUT2D eigenvalue weighted by atomic mass is 16.5. The number of carbonyl (C=O) groups is 1. The Balaban J connectivity index is 2.03. The van der Waals surface area contributed by atoms with Gasteiger partial charge >= 0.3 is 0 Å². The fourth-order valence-electron chi connectivity index (χ4n) is 3.34. The number of hydrogen-bond donors (Lipinski definition) is 1. The monoisotopic (exact) mass is 364 g/mol. The van der Waals surface area contributed by atoms with Crippen molar-refractivity contribution in [3.63, 3.8) is 0 Å². The minimum absolute atomic E-state index is 0.175. The van der Waals surface area contributed by atoms with Crippen LogP contribution in [-0.2, 0) is 4.79 Å². The second-order valence-corrected chi connectivity index (χ2v) is 6.40. The van der Waals surface area contributed by atoms with Gasteiger partial charge in [0.2, 0.25) is 5.91 Å². The molecular weight excluding hydrogens is 340 g/mol. The van der Waals surface area contributed by atoms with Gasteiger partial charge in [0.25, 0.3) is 5.56 Å². The molecule has 3 rings (SSSR count). The molecule has 1 atom stereocenters. The average molecular weight is 364 g/mol. The van der Waals surface area contributed by atoms with Gasteiger partial charge in [-0.2, -0.15) is 0 Å². The molecule has 0 bridgehead atoms. The zero-order chi connectivity index (χ0) is 19.4. The van der Waals surface area contributed by atoms with E-state index in [9.17, 15) is 9.59 Å². The summed E-state index contributed by atoms with van der Waals surface area (Å²) in [5.74, 6) is 0.380. The van der Waals surface area contributed by atoms with Crippen molar-refractivity contribution in [3.05, 3.63) is 70.5 Å². The number of hydrogen-bond acceptors (Lipinski definition) is 3. The first-order valence-corrected chi connectivity index (χ1v) is 9.20. The molecule has 0 saturated carbocycles. The second-order valence-electron chi connectivity index (χ2n) is 6.40. The summed E-state index contributed by atoms with van der Waals surface area (Å²) in [6, 6.07) is 15.9. The van der Waals surface area contributed by atoms with Crippen molar-refractivity contribution in [2.24, 2.45) is 0 Å². The van der Waals surface area contributed by atoms with Gasteiger partial charge in [0.05, 0.1) is 17.8 Å². The maximum atomic E-state index is 13.1. The van der Waals surface area contributed by atoms with E-state index in [1.54, 1.807) is 16.7 Å². The van der Waals surface area contributed by atoms with Gasteiger partial charge in [-0.15, -0.1) is 0 Å². The number of carbonyl (C=O) groups excluding carboxylic acids is 1. The molecule has 1 amide bonds. The Kier molecular flexibility index (Phi) is 5.60. The van der Waals surface area contributed by atoms with Crippen LogP contribution in [0.25, 0.3) is 10.9 Å². The van der Waals surface area contributed by atoms with Gasteiger partial charge in [-0.1, -0.05) is 37.3 Å². The van der Waals surface area contributed by atoms with E-state index in [1.807, 2.05) is 63.2 Å². The molecule has 2 aromatic carbocycles. The van der Waals surface area contributed by atoms with Gasteiger partial charge in [0.15, 0.2) is 0 Å². The lowest BCUT2D eigenvalue weighted by Gasteiger charge is -2.21. The fraction of sp³-hybridized carbons (Fsp3) is 0.273. The Hall–Kier alpha value is -3.08. The Morgan fingerprint density at radius 3 is 2.56 bits per heavy atom. The number of nitrogens with zero attached hydrogens (tertiary/aromatic N) is 1. The van der Waals surface area contributed by atoms with Crippen LogP contribution in [0.3, 0.4) is 0 Å². The lowest BCUT2D eigenvalue weighted by molar-refractivity contribution is -0.119. The molecule has 5 nitrogen and oxygen atoms in total. The van der Waals surface area contributed by atoms with Gasteiger partial charge in [0.1, 0.15) is 11.8 Å². The molecule has 1 unspecified atom stereocenters. The third-order valence-corrected chi connectivity index (χ3v) is 4.61. The molecule has 3 aromatic rings. The number of rotatable bonds is 6. The van der Waals surface area contributed by atoms with Crippen LogP contribution in [0.15, 0.2) is 59.4 Å². The standard InChI is InChI=1S/C22H24N2O3/c1-4-18(22(26)23-17-11-7-9-13-20(17)27-5-2)24-19-12-8-6-10-16(19)15(3)14-21(24)25/h6-14,18H,4-5H2,1-3H3,(H,23,26). The number of ether oxygens (including phenoxy) is 1. The van der Waals surface area contributed by atoms with Crippen LogP contribution in [-0.4, -0.2) is 17.1 Å². The normalized spacial score (nSPS) is 12.0. The third kappa shape index (κ3) is 3.72. The molecular formula is C22H24N2O3. The molecule has 0 aliphatic carbocycles. The summed E-state index contributed by atoms with van der Waals surface area (Å²) in [6.07, 6.45) is 0.496. The summed E-state index contributed by atoms with van der Waals surface area (Å²) in [5.41, 5.74) is 2.10. The highest BCUT2D eigenvalue weighted by Crippen LogP contribution is 2.26. The summed E-state index contributed by atoms with van der Waals surface area (Å²) in [5, 5.41) is 3.90. The van der Waals surface area contributed by atoms with Crippen LogP contribution in [0.1, 0.15) is 31.9 Å². The van der Waals surface area contributed by atoms with Crippen LogP contribution in [0.5, 0.6) is 5.75 Å². The minimum atomic E-state index is -0.613. The van der Waals surface area contributed by atoms with E-state index in [0.717, 1.165) is 16.5 Å². The molecule has 0 radical (unpaired) electrons. The predicted molar refractivity (Wildman–Crippen MR) is 109 cm³/mol. The zero-order valence-corrected chi connectivity index (χ0v) is 15.9. The SMILES string of the molecule is CCOc1ccccc1NC(=O)C(CC)n1c(=O)cc(C)c2ccccc21. The van der Waals surface area contributed by atoms with Crippen molar-refractivity contribution < 1.29 is 9.53 Å². The van der Waals surface area contributed by atoms with Gasteiger partial charge in [-0.3, -0.25) is 14.2 Å². The highest BCUT2D eigenvalue weighted by molar-refractivity contribution is 5.96. The molecule has 0 aliphatic rings. The van der Waals surface area contributed by atoms with Crippen LogP contribution >= 0.6 is 0 Å². The molecule has 27 heavy (non-hydrogen) atoms. The first-order chi connectivity index (χ1) is 13.1. The van der Waals surface area contributed by atoms with Crippen LogP contribution in [0.4, 0.5) is 5.69 Å². The zero-order valence-electron chi connectivity index (χ0n) is 15.9. The van der Waals surface area contributed by atoms with Crippen molar-refractivity contribution in [2.75, 3.05) is 11.9 Å². The lowest BCUT2D eigenvalue weighted by atomic mass is 10.1. The van der Waals surface area contributed by atoms with E-state index in [-0.39, 0.29) is 11.5 Å². The third-order valence-electron chi connectivity index (χ3n) is 4.61. The number of fused-ring (bicyclic) bond motifs is 1. The fourth-order valence-corrected chi connectivity index (χ4v) is 3.34. The Labute approximate surface area is 158 Å². The van der Waals surface area contributed by atoms with Crippen molar-refractivity contribution in [3.8, 4) is 5.75 Å². The summed E-state index contributed by atoms with van der Waals surface area (Å²) >= 11 is 0. The first-order valence-electron chi connectivity index (χ1n) is 9.20. The number of anilines is 1. The average Bonchev–Trinajstić information content (AvgIpc) is 2.66. The van der Waals surface area contributed by atoms with Gasteiger partial charge < -0.3 is 10.1 Å². The van der Waals surface area contributed by atoms with Crippen LogP contribution in [0, 0.1) is 6.92 Å². The molecule has 0 spiro atoms. The number of benzene rings is 2. The van der Waals surface area contributed by atoms with E-state index < -0.39 is 6.04 Å². The Morgan fingerprint density at radius 2 is 1.81 bits per heavy atom. The van der Waals surface area contributed by atoms with Crippen molar-refractivity contribution in [1.82, 2.24) is 4.57 Å².